The molecule has 0 bridgehead atoms. The molecule has 0 radical (unpaired) electrons. The van der Waals surface area contributed by atoms with E-state index in [0.717, 1.165) is 34.4 Å². The first-order valence-electron chi connectivity index (χ1n) is 8.06. The van der Waals surface area contributed by atoms with Gasteiger partial charge in [-0.2, -0.15) is 0 Å². The van der Waals surface area contributed by atoms with Crippen molar-refractivity contribution in [3.63, 3.8) is 0 Å². The molecular weight excluding hydrogens is 340 g/mol. The molecule has 0 N–H and O–H groups in total. The summed E-state index contributed by atoms with van der Waals surface area (Å²) in [4.78, 5) is 20.5. The van der Waals surface area contributed by atoms with Gasteiger partial charge in [0.1, 0.15) is 16.6 Å². The summed E-state index contributed by atoms with van der Waals surface area (Å²) in [7, 11) is 0. The van der Waals surface area contributed by atoms with Gasteiger partial charge < -0.3 is 14.2 Å². The number of aryl methyl sites for hydroxylation is 2. The Morgan fingerprint density at radius 1 is 1.24 bits per heavy atom. The van der Waals surface area contributed by atoms with Crippen molar-refractivity contribution in [1.82, 2.24) is 9.97 Å². The first-order chi connectivity index (χ1) is 12.0. The maximum atomic E-state index is 11.8. The molecule has 0 amide bonds. The molecule has 0 saturated heterocycles. The van der Waals surface area contributed by atoms with Gasteiger partial charge in [0.25, 0.3) is 0 Å². The summed E-state index contributed by atoms with van der Waals surface area (Å²) in [5.41, 5.74) is 1.35. The fourth-order valence-corrected chi connectivity index (χ4v) is 3.66. The molecule has 1 aliphatic heterocycles. The number of nitrogens with zero attached hydrogens (tertiary/aromatic N) is 2. The highest BCUT2D eigenvalue weighted by Gasteiger charge is 2.15. The second kappa shape index (κ2) is 7.74. The third kappa shape index (κ3) is 4.22. The van der Waals surface area contributed by atoms with Crippen LogP contribution in [-0.4, -0.2) is 34.9 Å². The van der Waals surface area contributed by atoms with Crippen LogP contribution >= 0.6 is 11.8 Å². The second-order valence-electron chi connectivity index (χ2n) is 5.66. The number of Topliss-reactive ketones (excluding diaryl/α,β-unsaturated/α-hetero) is 1. The number of fused-ring (bicyclic) bond motifs is 1. The number of thioether (sulfide) groups is 1. The fraction of sp³-hybridized carbons (Fsp3) is 0.389. The van der Waals surface area contributed by atoms with E-state index in [0.29, 0.717) is 23.7 Å². The Kier molecular flexibility index (Phi) is 5.43. The predicted octanol–water partition coefficient (Wildman–Crippen LogP) is 3.59. The predicted molar refractivity (Wildman–Crippen MR) is 94.9 cm³/mol. The van der Waals surface area contributed by atoms with Crippen molar-refractivity contribution in [2.45, 2.75) is 32.2 Å². The highest BCUT2D eigenvalue weighted by atomic mass is 32.2. The van der Waals surface area contributed by atoms with E-state index in [9.17, 15) is 4.79 Å². The molecule has 25 heavy (non-hydrogen) atoms. The molecule has 2 aromatic rings. The minimum Gasteiger partial charge on any atom is -0.493 e. The van der Waals surface area contributed by atoms with Gasteiger partial charge in [0.05, 0.1) is 17.9 Å². The van der Waals surface area contributed by atoms with Crippen LogP contribution in [0.15, 0.2) is 23.2 Å². The SMILES string of the molecule is CC(=O)c1c(C)nc(C)nc1SCCCOc1ccc2c(c1)OCO2. The number of rotatable bonds is 7. The lowest BCUT2D eigenvalue weighted by molar-refractivity contribution is 0.101. The highest BCUT2D eigenvalue weighted by molar-refractivity contribution is 7.99. The van der Waals surface area contributed by atoms with E-state index in [1.807, 2.05) is 32.0 Å². The molecule has 132 valence electrons. The minimum absolute atomic E-state index is 0.00314. The molecule has 0 spiro atoms. The summed E-state index contributed by atoms with van der Waals surface area (Å²) in [6.45, 7) is 6.06. The molecule has 0 unspecified atom stereocenters. The van der Waals surface area contributed by atoms with Crippen molar-refractivity contribution in [3.8, 4) is 17.2 Å². The number of hydrogen-bond donors (Lipinski definition) is 0. The lowest BCUT2D eigenvalue weighted by Gasteiger charge is -2.10. The number of carbonyl (C=O) groups is 1. The standard InChI is InChI=1S/C18H20N2O4S/c1-11-17(12(2)21)18(20-13(3)19-11)25-8-4-7-22-14-5-6-15-16(9-14)24-10-23-15/h5-6,9H,4,7-8,10H2,1-3H3. The maximum absolute atomic E-state index is 11.8. The van der Waals surface area contributed by atoms with Crippen LogP contribution < -0.4 is 14.2 Å². The zero-order valence-electron chi connectivity index (χ0n) is 14.5. The van der Waals surface area contributed by atoms with E-state index in [1.165, 1.54) is 0 Å². The van der Waals surface area contributed by atoms with E-state index >= 15 is 0 Å². The first-order valence-corrected chi connectivity index (χ1v) is 9.04. The molecule has 3 rings (SSSR count). The molecular formula is C18H20N2O4S. The average molecular weight is 360 g/mol. The largest absolute Gasteiger partial charge is 0.493 e. The van der Waals surface area contributed by atoms with Gasteiger partial charge in [0, 0.05) is 11.8 Å². The Morgan fingerprint density at radius 2 is 2.04 bits per heavy atom. The van der Waals surface area contributed by atoms with Crippen molar-refractivity contribution in [1.29, 1.82) is 0 Å². The van der Waals surface area contributed by atoms with Crippen molar-refractivity contribution in [3.05, 3.63) is 35.3 Å². The smallest absolute Gasteiger partial charge is 0.231 e. The van der Waals surface area contributed by atoms with Gasteiger partial charge in [0.2, 0.25) is 6.79 Å². The maximum Gasteiger partial charge on any atom is 0.231 e. The Labute approximate surface area is 150 Å². The third-order valence-corrected chi connectivity index (χ3v) is 4.72. The zero-order chi connectivity index (χ0) is 17.8. The zero-order valence-corrected chi connectivity index (χ0v) is 15.3. The van der Waals surface area contributed by atoms with Gasteiger partial charge >= 0.3 is 0 Å². The van der Waals surface area contributed by atoms with Gasteiger partial charge in [-0.3, -0.25) is 4.79 Å². The van der Waals surface area contributed by atoms with Crippen molar-refractivity contribution < 1.29 is 19.0 Å². The van der Waals surface area contributed by atoms with Gasteiger partial charge in [-0.1, -0.05) is 0 Å². The Bertz CT molecular complexity index is 795. The van der Waals surface area contributed by atoms with E-state index in [2.05, 4.69) is 9.97 Å². The molecule has 6 nitrogen and oxygen atoms in total. The minimum atomic E-state index is -0.00314. The number of hydrogen-bond acceptors (Lipinski definition) is 7. The first kappa shape index (κ1) is 17.5. The van der Waals surface area contributed by atoms with E-state index in [1.54, 1.807) is 18.7 Å². The summed E-state index contributed by atoms with van der Waals surface area (Å²) in [5.74, 6) is 3.70. The topological polar surface area (TPSA) is 70.5 Å². The van der Waals surface area contributed by atoms with Crippen LogP contribution in [0.1, 0.15) is 35.2 Å². The second-order valence-corrected chi connectivity index (χ2v) is 6.74. The monoisotopic (exact) mass is 360 g/mol. The molecule has 7 heteroatoms. The van der Waals surface area contributed by atoms with Crippen LogP contribution in [0.4, 0.5) is 0 Å². The Balaban J connectivity index is 1.51. The summed E-state index contributed by atoms with van der Waals surface area (Å²) < 4.78 is 16.4. The summed E-state index contributed by atoms with van der Waals surface area (Å²) in [6.07, 6.45) is 0.832. The molecule has 1 aromatic carbocycles. The van der Waals surface area contributed by atoms with E-state index < -0.39 is 0 Å². The van der Waals surface area contributed by atoms with Crippen LogP contribution in [0.2, 0.25) is 0 Å². The molecule has 0 saturated carbocycles. The number of ketones is 1. The van der Waals surface area contributed by atoms with Crippen LogP contribution in [0.25, 0.3) is 0 Å². The summed E-state index contributed by atoms with van der Waals surface area (Å²) in [6, 6.07) is 5.55. The molecule has 2 heterocycles. The van der Waals surface area contributed by atoms with Crippen LogP contribution in [0.5, 0.6) is 17.2 Å². The lowest BCUT2D eigenvalue weighted by Crippen LogP contribution is -2.07. The van der Waals surface area contributed by atoms with Gasteiger partial charge in [0.15, 0.2) is 17.3 Å². The average Bonchev–Trinajstić information content (AvgIpc) is 3.01. The van der Waals surface area contributed by atoms with Crippen LogP contribution in [-0.2, 0) is 0 Å². The van der Waals surface area contributed by atoms with Gasteiger partial charge in [-0.05, 0) is 39.3 Å². The van der Waals surface area contributed by atoms with Crippen molar-refractivity contribution >= 4 is 17.5 Å². The molecule has 1 aromatic heterocycles. The van der Waals surface area contributed by atoms with Gasteiger partial charge in [-0.15, -0.1) is 11.8 Å². The molecule has 1 aliphatic rings. The highest BCUT2D eigenvalue weighted by Crippen LogP contribution is 2.35. The molecule has 0 fully saturated rings. The number of benzene rings is 1. The van der Waals surface area contributed by atoms with E-state index in [-0.39, 0.29) is 12.6 Å². The lowest BCUT2D eigenvalue weighted by atomic mass is 10.2. The Morgan fingerprint density at radius 3 is 2.84 bits per heavy atom. The number of carbonyl (C=O) groups excluding carboxylic acids is 1. The van der Waals surface area contributed by atoms with Crippen LogP contribution in [0, 0.1) is 13.8 Å². The Hall–Kier alpha value is -2.28. The molecule has 0 aliphatic carbocycles. The normalized spacial score (nSPS) is 12.3. The van der Waals surface area contributed by atoms with Gasteiger partial charge in [-0.25, -0.2) is 9.97 Å². The third-order valence-electron chi connectivity index (χ3n) is 3.66. The summed E-state index contributed by atoms with van der Waals surface area (Å²) in [5, 5.41) is 0.751. The molecule has 0 atom stereocenters. The van der Waals surface area contributed by atoms with E-state index in [4.69, 9.17) is 14.2 Å². The summed E-state index contributed by atoms with van der Waals surface area (Å²) >= 11 is 1.56. The quantitative estimate of drug-likeness (QED) is 0.323. The number of ether oxygens (including phenoxy) is 3. The fourth-order valence-electron chi connectivity index (χ4n) is 2.58. The van der Waals surface area contributed by atoms with Crippen molar-refractivity contribution in [2.75, 3.05) is 19.2 Å². The van der Waals surface area contributed by atoms with Crippen LogP contribution in [0.3, 0.4) is 0 Å². The number of aromatic nitrogens is 2. The van der Waals surface area contributed by atoms with Crippen molar-refractivity contribution in [2.24, 2.45) is 0 Å².